The maximum atomic E-state index is 11.5. The Morgan fingerprint density at radius 3 is 2.66 bits per heavy atom. The molecule has 0 radical (unpaired) electrons. The third-order valence-corrected chi connectivity index (χ3v) is 4.79. The van der Waals surface area contributed by atoms with Crippen LogP contribution in [0.1, 0.15) is 19.8 Å². The summed E-state index contributed by atoms with van der Waals surface area (Å²) in [5.41, 5.74) is 13.2. The number of amides is 2. The number of primary amides is 1. The average Bonchev–Trinajstić information content (AvgIpc) is 2.96. The third kappa shape index (κ3) is 4.72. The lowest BCUT2D eigenvalue weighted by atomic mass is 9.81. The SMILES string of the molecule is CC(=O)O.CN(CC1N=C2C(N)=CC=C3N=CC=CC32N1CCCCO)C(N)=O. The van der Waals surface area contributed by atoms with Crippen molar-refractivity contribution in [3.8, 4) is 0 Å². The second-order valence-electron chi connectivity index (χ2n) is 6.90. The predicted octanol–water partition coefficient (Wildman–Crippen LogP) is 0.0625. The molecule has 10 nitrogen and oxygen atoms in total. The smallest absolute Gasteiger partial charge is 0.314 e. The van der Waals surface area contributed by atoms with Crippen LogP contribution in [0.3, 0.4) is 0 Å². The Hall–Kier alpha value is -2.98. The first kappa shape index (κ1) is 22.3. The van der Waals surface area contributed by atoms with Gasteiger partial charge in [0.05, 0.1) is 23.7 Å². The van der Waals surface area contributed by atoms with E-state index in [-0.39, 0.29) is 12.8 Å². The highest BCUT2D eigenvalue weighted by Crippen LogP contribution is 2.42. The van der Waals surface area contributed by atoms with Gasteiger partial charge in [-0.2, -0.15) is 0 Å². The first-order valence-corrected chi connectivity index (χ1v) is 9.30. The van der Waals surface area contributed by atoms with Crippen molar-refractivity contribution in [3.63, 3.8) is 0 Å². The molecule has 0 aromatic heterocycles. The normalized spacial score (nSPS) is 24.4. The number of nitrogens with zero attached hydrogens (tertiary/aromatic N) is 4. The van der Waals surface area contributed by atoms with Crippen molar-refractivity contribution >= 4 is 23.9 Å². The Morgan fingerprint density at radius 2 is 2.03 bits per heavy atom. The van der Waals surface area contributed by atoms with Gasteiger partial charge in [0.15, 0.2) is 0 Å². The Morgan fingerprint density at radius 1 is 1.34 bits per heavy atom. The molecule has 2 atom stereocenters. The minimum Gasteiger partial charge on any atom is -0.481 e. The number of hydrogen-bond donors (Lipinski definition) is 4. The van der Waals surface area contributed by atoms with Crippen molar-refractivity contribution in [2.45, 2.75) is 31.5 Å². The molecule has 3 aliphatic rings. The van der Waals surface area contributed by atoms with Crippen LogP contribution in [0.15, 0.2) is 45.7 Å². The summed E-state index contributed by atoms with van der Waals surface area (Å²) < 4.78 is 0. The zero-order valence-electron chi connectivity index (χ0n) is 16.7. The summed E-state index contributed by atoms with van der Waals surface area (Å²) in [6.07, 6.45) is 10.6. The third-order valence-electron chi connectivity index (χ3n) is 4.79. The number of nitrogens with two attached hydrogens (primary N) is 2. The fourth-order valence-electron chi connectivity index (χ4n) is 3.53. The standard InChI is InChI=1S/C17H24N6O2.C2H4O2/c1-22(16(19)25)11-14-21-15-12(18)5-6-13-17(15,7-4-8-20-13)23(14)9-2-3-10-24;1-2(3)4/h4-8,14,24H,2-3,9-11,18H2,1H3,(H2,19,25);1H3,(H,3,4). The zero-order valence-corrected chi connectivity index (χ0v) is 16.7. The second kappa shape index (κ2) is 9.48. The fourth-order valence-corrected chi connectivity index (χ4v) is 3.53. The predicted molar refractivity (Wildman–Crippen MR) is 110 cm³/mol. The summed E-state index contributed by atoms with van der Waals surface area (Å²) in [6.45, 7) is 2.27. The number of rotatable bonds is 6. The summed E-state index contributed by atoms with van der Waals surface area (Å²) in [5, 5.41) is 16.6. The van der Waals surface area contributed by atoms with Gasteiger partial charge in [0.2, 0.25) is 0 Å². The number of carbonyl (C=O) groups is 2. The monoisotopic (exact) mass is 404 g/mol. The number of urea groups is 1. The summed E-state index contributed by atoms with van der Waals surface area (Å²) in [5.74, 6) is -0.833. The lowest BCUT2D eigenvalue weighted by Crippen LogP contribution is -2.57. The van der Waals surface area contributed by atoms with E-state index >= 15 is 0 Å². The van der Waals surface area contributed by atoms with Crippen molar-refractivity contribution in [2.75, 3.05) is 26.7 Å². The molecular weight excluding hydrogens is 376 g/mol. The van der Waals surface area contributed by atoms with Crippen molar-refractivity contribution < 1.29 is 19.8 Å². The van der Waals surface area contributed by atoms with Gasteiger partial charge < -0.3 is 26.6 Å². The Balaban J connectivity index is 0.000000687. The van der Waals surface area contributed by atoms with E-state index in [4.69, 9.17) is 31.5 Å². The van der Waals surface area contributed by atoms with Crippen LogP contribution in [0.2, 0.25) is 0 Å². The minimum atomic E-state index is -0.833. The number of allylic oxidation sites excluding steroid dienone is 3. The highest BCUT2D eigenvalue weighted by atomic mass is 16.4. The van der Waals surface area contributed by atoms with E-state index in [1.54, 1.807) is 13.3 Å². The van der Waals surface area contributed by atoms with Crippen molar-refractivity contribution in [1.82, 2.24) is 9.80 Å². The molecule has 6 N–H and O–H groups in total. The number of carboxylic acids is 1. The molecule has 2 heterocycles. The van der Waals surface area contributed by atoms with E-state index in [9.17, 15) is 4.79 Å². The number of carboxylic acid groups (broad SMARTS) is 1. The maximum absolute atomic E-state index is 11.5. The summed E-state index contributed by atoms with van der Waals surface area (Å²) in [6, 6.07) is -0.501. The lowest BCUT2D eigenvalue weighted by Gasteiger charge is -2.42. The molecule has 0 saturated heterocycles. The van der Waals surface area contributed by atoms with Gasteiger partial charge in [-0.25, -0.2) is 4.79 Å². The molecule has 2 aliphatic heterocycles. The Bertz CT molecular complexity index is 797. The number of aliphatic hydroxyl groups excluding tert-OH is 1. The van der Waals surface area contributed by atoms with E-state index in [0.717, 1.165) is 24.8 Å². The molecule has 158 valence electrons. The number of unbranched alkanes of at least 4 members (excludes halogenated alkanes) is 1. The molecule has 0 saturated carbocycles. The largest absolute Gasteiger partial charge is 0.481 e. The molecule has 29 heavy (non-hydrogen) atoms. The number of dihydropyridines is 1. The van der Waals surface area contributed by atoms with Gasteiger partial charge >= 0.3 is 6.03 Å². The molecule has 1 aliphatic carbocycles. The van der Waals surface area contributed by atoms with Gasteiger partial charge in [0.25, 0.3) is 5.97 Å². The molecule has 2 unspecified atom stereocenters. The summed E-state index contributed by atoms with van der Waals surface area (Å²) >= 11 is 0. The lowest BCUT2D eigenvalue weighted by molar-refractivity contribution is -0.134. The van der Waals surface area contributed by atoms with Crippen LogP contribution in [-0.4, -0.2) is 82.4 Å². The molecule has 3 rings (SSSR count). The van der Waals surface area contributed by atoms with E-state index in [2.05, 4.69) is 9.89 Å². The van der Waals surface area contributed by atoms with Crippen molar-refractivity contribution in [2.24, 2.45) is 21.5 Å². The van der Waals surface area contributed by atoms with Gasteiger partial charge in [-0.05, 0) is 31.1 Å². The van der Waals surface area contributed by atoms with Crippen molar-refractivity contribution in [3.05, 3.63) is 35.7 Å². The van der Waals surface area contributed by atoms with Gasteiger partial charge in [0, 0.05) is 33.3 Å². The van der Waals surface area contributed by atoms with Crippen LogP contribution in [0, 0.1) is 0 Å². The van der Waals surface area contributed by atoms with Crippen LogP contribution < -0.4 is 11.5 Å². The maximum Gasteiger partial charge on any atom is 0.314 e. The number of carbonyl (C=O) groups excluding carboxylic acids is 1. The number of hydrogen-bond acceptors (Lipinski definition) is 7. The van der Waals surface area contributed by atoms with Crippen LogP contribution >= 0.6 is 0 Å². The van der Waals surface area contributed by atoms with Gasteiger partial charge in [-0.1, -0.05) is 6.08 Å². The van der Waals surface area contributed by atoms with Gasteiger partial charge in [-0.15, -0.1) is 0 Å². The van der Waals surface area contributed by atoms with E-state index < -0.39 is 17.5 Å². The molecule has 2 amide bonds. The fraction of sp³-hybridized carbons (Fsp3) is 0.474. The van der Waals surface area contributed by atoms with E-state index in [1.807, 2.05) is 24.3 Å². The van der Waals surface area contributed by atoms with Crippen LogP contribution in [0.25, 0.3) is 0 Å². The number of aliphatic hydroxyl groups is 1. The molecule has 0 bridgehead atoms. The highest BCUT2D eigenvalue weighted by molar-refractivity contribution is 6.13. The average molecular weight is 404 g/mol. The van der Waals surface area contributed by atoms with Crippen LogP contribution in [0.5, 0.6) is 0 Å². The summed E-state index contributed by atoms with van der Waals surface area (Å²) in [7, 11) is 1.65. The number of aliphatic carboxylic acids is 1. The first-order chi connectivity index (χ1) is 13.7. The van der Waals surface area contributed by atoms with E-state index in [1.165, 1.54) is 4.90 Å². The van der Waals surface area contributed by atoms with Crippen LogP contribution in [0.4, 0.5) is 4.79 Å². The molecule has 0 aromatic carbocycles. The van der Waals surface area contributed by atoms with Gasteiger partial charge in [-0.3, -0.25) is 19.7 Å². The highest BCUT2D eigenvalue weighted by Gasteiger charge is 2.53. The Labute approximate surface area is 169 Å². The van der Waals surface area contributed by atoms with E-state index in [0.29, 0.717) is 25.2 Å². The quantitative estimate of drug-likeness (QED) is 0.458. The second-order valence-corrected chi connectivity index (χ2v) is 6.90. The molecule has 10 heteroatoms. The summed E-state index contributed by atoms with van der Waals surface area (Å²) in [4.78, 5) is 33.5. The first-order valence-electron chi connectivity index (χ1n) is 9.30. The molecular formula is C19H28N6O4. The number of aliphatic imine (C=N–C) groups is 2. The minimum absolute atomic E-state index is 0.138. The molecule has 1 spiro atoms. The van der Waals surface area contributed by atoms with Crippen molar-refractivity contribution in [1.29, 1.82) is 0 Å². The topological polar surface area (TPSA) is 158 Å². The Kier molecular flexibility index (Phi) is 7.29. The van der Waals surface area contributed by atoms with Gasteiger partial charge in [0.1, 0.15) is 11.7 Å². The number of likely N-dealkylation sites (N-methyl/N-ethyl adjacent to an activating group) is 1. The van der Waals surface area contributed by atoms with Crippen LogP contribution in [-0.2, 0) is 4.79 Å². The molecule has 0 aromatic rings. The molecule has 0 fully saturated rings. The zero-order chi connectivity index (χ0) is 21.6.